The van der Waals surface area contributed by atoms with Crippen LogP contribution >= 0.6 is 0 Å². The fourth-order valence-electron chi connectivity index (χ4n) is 5.51. The van der Waals surface area contributed by atoms with Gasteiger partial charge in [-0.15, -0.1) is 0 Å². The zero-order valence-corrected chi connectivity index (χ0v) is 28.2. The van der Waals surface area contributed by atoms with Crippen LogP contribution in [0, 0.1) is 0 Å². The molecule has 0 aromatic rings. The number of methoxy groups -OCH3 is 1. The molecule has 0 aromatic heterocycles. The molecule has 1 atom stereocenters. The zero-order chi connectivity index (χ0) is 30.9. The average Bonchev–Trinajstić information content (AvgIpc) is 2.99. The highest BCUT2D eigenvalue weighted by Gasteiger charge is 2.22. The molecule has 6 heteroatoms. The first kappa shape index (κ1) is 40.4. The summed E-state index contributed by atoms with van der Waals surface area (Å²) in [6, 6.07) is -0.833. The number of ether oxygens (including phenoxy) is 1. The number of esters is 1. The van der Waals surface area contributed by atoms with Gasteiger partial charge in [0.25, 0.3) is 0 Å². The number of carbonyl (C=O) groups excluding carboxylic acids is 3. The molecule has 0 aliphatic carbocycles. The van der Waals surface area contributed by atoms with Crippen molar-refractivity contribution in [2.24, 2.45) is 0 Å². The number of amides is 2. The Balaban J connectivity index is 3.77. The van der Waals surface area contributed by atoms with Gasteiger partial charge >= 0.3 is 5.97 Å². The van der Waals surface area contributed by atoms with Crippen molar-refractivity contribution in [2.45, 2.75) is 200 Å². The van der Waals surface area contributed by atoms with E-state index in [2.05, 4.69) is 24.5 Å². The minimum Gasteiger partial charge on any atom is -0.467 e. The minimum atomic E-state index is -0.833. The Morgan fingerprint density at radius 2 is 0.786 bits per heavy atom. The third kappa shape index (κ3) is 28.5. The van der Waals surface area contributed by atoms with Gasteiger partial charge in [-0.3, -0.25) is 9.59 Å². The van der Waals surface area contributed by atoms with Crippen molar-refractivity contribution in [3.05, 3.63) is 0 Å². The summed E-state index contributed by atoms with van der Waals surface area (Å²) in [6.45, 7) is 4.60. The lowest BCUT2D eigenvalue weighted by Crippen LogP contribution is -2.48. The molecule has 0 spiro atoms. The molecule has 0 saturated carbocycles. The summed E-state index contributed by atoms with van der Waals surface area (Å²) in [6.07, 6.45) is 33.8. The summed E-state index contributed by atoms with van der Waals surface area (Å²) >= 11 is 0. The molecule has 248 valence electrons. The summed E-state index contributed by atoms with van der Waals surface area (Å²) in [5.41, 5.74) is 0. The van der Waals surface area contributed by atoms with Crippen molar-refractivity contribution < 1.29 is 19.1 Å². The second kappa shape index (κ2) is 32.3. The number of hydrogen-bond acceptors (Lipinski definition) is 4. The largest absolute Gasteiger partial charge is 0.467 e. The lowest BCUT2D eigenvalue weighted by atomic mass is 10.0. The highest BCUT2D eigenvalue weighted by Crippen LogP contribution is 2.14. The summed E-state index contributed by atoms with van der Waals surface area (Å²) in [7, 11) is 1.31. The smallest absolute Gasteiger partial charge is 0.330 e. The molecular formula is C36H70N2O4. The van der Waals surface area contributed by atoms with Gasteiger partial charge in [0.1, 0.15) is 6.04 Å². The second-order valence-electron chi connectivity index (χ2n) is 12.4. The van der Waals surface area contributed by atoms with Crippen LogP contribution in [0.5, 0.6) is 0 Å². The maximum Gasteiger partial charge on any atom is 0.330 e. The monoisotopic (exact) mass is 595 g/mol. The molecule has 0 aromatic carbocycles. The van der Waals surface area contributed by atoms with Crippen LogP contribution < -0.4 is 10.6 Å². The fraction of sp³-hybridized carbons (Fsp3) is 0.917. The van der Waals surface area contributed by atoms with Gasteiger partial charge in [-0.1, -0.05) is 168 Å². The molecule has 0 rings (SSSR count). The Morgan fingerprint density at radius 1 is 0.476 bits per heavy atom. The van der Waals surface area contributed by atoms with Crippen LogP contribution in [0.1, 0.15) is 194 Å². The Morgan fingerprint density at radius 3 is 1.12 bits per heavy atom. The van der Waals surface area contributed by atoms with Crippen LogP contribution in [0.25, 0.3) is 0 Å². The molecule has 0 fully saturated rings. The summed E-state index contributed by atoms with van der Waals surface area (Å²) in [4.78, 5) is 36.8. The standard InChI is InChI=1S/C36H70N2O4/c1-4-6-8-10-12-14-16-18-20-22-24-26-28-30-34(39)37-32-33(36(41)42-3)38-35(40)31-29-27-25-23-21-19-17-15-13-11-9-7-5-2/h33H,4-32H2,1-3H3,(H,37,39)(H,38,40). The van der Waals surface area contributed by atoms with E-state index < -0.39 is 12.0 Å². The number of carbonyl (C=O) groups is 3. The zero-order valence-electron chi connectivity index (χ0n) is 28.2. The topological polar surface area (TPSA) is 84.5 Å². The highest BCUT2D eigenvalue weighted by atomic mass is 16.5. The van der Waals surface area contributed by atoms with E-state index in [9.17, 15) is 14.4 Å². The Bertz CT molecular complexity index is 626. The van der Waals surface area contributed by atoms with E-state index in [4.69, 9.17) is 4.74 Å². The van der Waals surface area contributed by atoms with Gasteiger partial charge in [0, 0.05) is 19.4 Å². The first-order valence-electron chi connectivity index (χ1n) is 18.2. The highest BCUT2D eigenvalue weighted by molar-refractivity contribution is 5.85. The summed E-state index contributed by atoms with van der Waals surface area (Å²) in [5, 5.41) is 5.57. The SMILES string of the molecule is CCCCCCCCCCCCCCCC(=O)NCC(NC(=O)CCCCCCCCCCCCCCC)C(=O)OC. The van der Waals surface area contributed by atoms with Gasteiger partial charge in [0.15, 0.2) is 0 Å². The average molecular weight is 595 g/mol. The summed E-state index contributed by atoms with van der Waals surface area (Å²) in [5.74, 6) is -0.744. The minimum absolute atomic E-state index is 0.0716. The third-order valence-corrected chi connectivity index (χ3v) is 8.34. The van der Waals surface area contributed by atoms with Gasteiger partial charge in [0.05, 0.1) is 7.11 Å². The van der Waals surface area contributed by atoms with Crippen molar-refractivity contribution >= 4 is 17.8 Å². The molecular weight excluding hydrogens is 524 g/mol. The van der Waals surface area contributed by atoms with Crippen molar-refractivity contribution in [1.82, 2.24) is 10.6 Å². The predicted molar refractivity (Wildman–Crippen MR) is 178 cm³/mol. The number of nitrogens with one attached hydrogen (secondary N) is 2. The molecule has 42 heavy (non-hydrogen) atoms. The van der Waals surface area contributed by atoms with Crippen molar-refractivity contribution in [3.63, 3.8) is 0 Å². The van der Waals surface area contributed by atoms with Crippen LogP contribution in [-0.2, 0) is 19.1 Å². The van der Waals surface area contributed by atoms with Crippen LogP contribution in [0.3, 0.4) is 0 Å². The van der Waals surface area contributed by atoms with Crippen molar-refractivity contribution in [1.29, 1.82) is 0 Å². The van der Waals surface area contributed by atoms with Crippen LogP contribution in [0.2, 0.25) is 0 Å². The Kier molecular flexibility index (Phi) is 31.1. The van der Waals surface area contributed by atoms with Crippen molar-refractivity contribution in [3.8, 4) is 0 Å². The molecule has 0 aliphatic rings. The molecule has 0 aliphatic heterocycles. The van der Waals surface area contributed by atoms with Gasteiger partial charge in [-0.25, -0.2) is 4.79 Å². The van der Waals surface area contributed by atoms with E-state index >= 15 is 0 Å². The molecule has 2 N–H and O–H groups in total. The molecule has 0 bridgehead atoms. The fourth-order valence-corrected chi connectivity index (χ4v) is 5.51. The molecule has 0 heterocycles. The molecule has 6 nitrogen and oxygen atoms in total. The lowest BCUT2D eigenvalue weighted by Gasteiger charge is -2.17. The van der Waals surface area contributed by atoms with E-state index in [-0.39, 0.29) is 18.4 Å². The molecule has 2 amide bonds. The van der Waals surface area contributed by atoms with Crippen LogP contribution in [0.15, 0.2) is 0 Å². The lowest BCUT2D eigenvalue weighted by molar-refractivity contribution is -0.145. The first-order chi connectivity index (χ1) is 20.5. The molecule has 0 saturated heterocycles. The first-order valence-corrected chi connectivity index (χ1v) is 18.2. The van der Waals surface area contributed by atoms with Gasteiger partial charge in [-0.05, 0) is 12.8 Å². The van der Waals surface area contributed by atoms with Gasteiger partial charge in [0.2, 0.25) is 11.8 Å². The quantitative estimate of drug-likeness (QED) is 0.0600. The third-order valence-electron chi connectivity index (χ3n) is 8.34. The summed E-state index contributed by atoms with van der Waals surface area (Å²) < 4.78 is 4.85. The second-order valence-corrected chi connectivity index (χ2v) is 12.4. The molecule has 0 radical (unpaired) electrons. The van der Waals surface area contributed by atoms with E-state index in [1.54, 1.807) is 0 Å². The van der Waals surface area contributed by atoms with Crippen LogP contribution in [0.4, 0.5) is 0 Å². The maximum atomic E-state index is 12.4. The van der Waals surface area contributed by atoms with Crippen LogP contribution in [-0.4, -0.2) is 37.5 Å². The normalized spacial score (nSPS) is 11.8. The van der Waals surface area contributed by atoms with Gasteiger partial charge in [-0.2, -0.15) is 0 Å². The Hall–Kier alpha value is -1.59. The van der Waals surface area contributed by atoms with E-state index in [0.717, 1.165) is 32.1 Å². The number of hydrogen-bond donors (Lipinski definition) is 2. The predicted octanol–water partition coefficient (Wildman–Crippen LogP) is 9.72. The van der Waals surface area contributed by atoms with E-state index in [0.29, 0.717) is 12.8 Å². The number of rotatable bonds is 32. The van der Waals surface area contributed by atoms with E-state index in [1.807, 2.05) is 0 Å². The van der Waals surface area contributed by atoms with Gasteiger partial charge < -0.3 is 15.4 Å². The van der Waals surface area contributed by atoms with Crippen molar-refractivity contribution in [2.75, 3.05) is 13.7 Å². The Labute approximate surface area is 260 Å². The van der Waals surface area contributed by atoms with E-state index in [1.165, 1.54) is 142 Å². The molecule has 1 unspecified atom stereocenters. The number of unbranched alkanes of at least 4 members (excludes halogenated alkanes) is 24. The maximum absolute atomic E-state index is 12.4.